The first-order chi connectivity index (χ1) is 14.0. The molecule has 30 heavy (non-hydrogen) atoms. The normalized spacial score (nSPS) is 26.1. The lowest BCUT2D eigenvalue weighted by Gasteiger charge is -2.41. The van der Waals surface area contributed by atoms with Gasteiger partial charge in [0.2, 0.25) is 5.91 Å². The van der Waals surface area contributed by atoms with Gasteiger partial charge < -0.3 is 10.6 Å². The van der Waals surface area contributed by atoms with Gasteiger partial charge in [-0.25, -0.2) is 4.18 Å². The quantitative estimate of drug-likeness (QED) is 0.628. The van der Waals surface area contributed by atoms with Crippen LogP contribution in [0.2, 0.25) is 4.34 Å². The van der Waals surface area contributed by atoms with Crippen molar-refractivity contribution in [3.8, 4) is 0 Å². The fourth-order valence-corrected chi connectivity index (χ4v) is 6.78. The van der Waals surface area contributed by atoms with Gasteiger partial charge in [0.05, 0.1) is 4.34 Å². The monoisotopic (exact) mass is 477 g/mol. The van der Waals surface area contributed by atoms with E-state index in [1.807, 2.05) is 4.90 Å². The highest BCUT2D eigenvalue weighted by molar-refractivity contribution is 7.89. The van der Waals surface area contributed by atoms with E-state index >= 15 is 0 Å². The summed E-state index contributed by atoms with van der Waals surface area (Å²) in [6, 6.07) is 3.24. The zero-order chi connectivity index (χ0) is 22.1. The summed E-state index contributed by atoms with van der Waals surface area (Å²) in [7, 11) is -4.18. The second-order valence-corrected chi connectivity index (χ2v) is 11.7. The number of carbonyl (C=O) groups is 2. The van der Waals surface area contributed by atoms with E-state index in [4.69, 9.17) is 21.5 Å². The molecule has 0 unspecified atom stereocenters. The predicted molar refractivity (Wildman–Crippen MR) is 115 cm³/mol. The maximum atomic E-state index is 12.9. The first kappa shape index (κ1) is 23.5. The summed E-state index contributed by atoms with van der Waals surface area (Å²) in [4.78, 5) is 29.3. The van der Waals surface area contributed by atoms with Crippen molar-refractivity contribution in [2.24, 2.45) is 11.7 Å². The van der Waals surface area contributed by atoms with Gasteiger partial charge in [0, 0.05) is 38.1 Å². The molecule has 0 bridgehead atoms. The summed E-state index contributed by atoms with van der Waals surface area (Å²) in [5, 5.41) is 0. The van der Waals surface area contributed by atoms with Crippen molar-refractivity contribution in [2.75, 3.05) is 26.2 Å². The van der Waals surface area contributed by atoms with Gasteiger partial charge in [-0.05, 0) is 51.7 Å². The van der Waals surface area contributed by atoms with Gasteiger partial charge in [0.25, 0.3) is 5.91 Å². The Kier molecular flexibility index (Phi) is 7.13. The van der Waals surface area contributed by atoms with Crippen LogP contribution in [-0.2, 0) is 23.9 Å². The van der Waals surface area contributed by atoms with Gasteiger partial charge >= 0.3 is 10.1 Å². The van der Waals surface area contributed by atoms with E-state index in [-0.39, 0.29) is 28.9 Å². The van der Waals surface area contributed by atoms with Gasteiger partial charge in [0.15, 0.2) is 5.60 Å². The van der Waals surface area contributed by atoms with E-state index < -0.39 is 21.6 Å². The lowest BCUT2D eigenvalue weighted by Crippen LogP contribution is -2.54. The molecule has 2 N–H and O–H groups in total. The number of thiophene rings is 1. The Hall–Kier alpha value is -1.20. The maximum Gasteiger partial charge on any atom is 0.307 e. The SMILES string of the molecule is CC(C)N1CCN(C(=O)C2CCC(OS(=O)(=O)c3ccc(Cl)s3)(C(N)=O)CC2)CC1. The maximum absolute atomic E-state index is 12.9. The molecule has 0 radical (unpaired) electrons. The number of carbonyl (C=O) groups excluding carboxylic acids is 2. The molecule has 0 atom stereocenters. The predicted octanol–water partition coefficient (Wildman–Crippen LogP) is 2.07. The Labute approximate surface area is 186 Å². The summed E-state index contributed by atoms with van der Waals surface area (Å²) in [6.07, 6.45) is 0.881. The third-order valence-electron chi connectivity index (χ3n) is 6.01. The van der Waals surface area contributed by atoms with Crippen molar-refractivity contribution in [1.82, 2.24) is 9.80 Å². The van der Waals surface area contributed by atoms with Gasteiger partial charge in [-0.3, -0.25) is 14.5 Å². The van der Waals surface area contributed by atoms with Crippen LogP contribution in [0.15, 0.2) is 16.3 Å². The fraction of sp³-hybridized carbons (Fsp3) is 0.684. The molecular formula is C19H28ClN3O5S2. The largest absolute Gasteiger partial charge is 0.367 e. The number of halogens is 1. The highest BCUT2D eigenvalue weighted by atomic mass is 35.5. The van der Waals surface area contributed by atoms with E-state index in [9.17, 15) is 18.0 Å². The summed E-state index contributed by atoms with van der Waals surface area (Å²) in [5.74, 6) is -1.03. The van der Waals surface area contributed by atoms with Gasteiger partial charge in [-0.1, -0.05) is 11.6 Å². The van der Waals surface area contributed by atoms with Crippen LogP contribution in [0.1, 0.15) is 39.5 Å². The number of nitrogens with two attached hydrogens (primary N) is 1. The van der Waals surface area contributed by atoms with Crippen molar-refractivity contribution in [3.63, 3.8) is 0 Å². The van der Waals surface area contributed by atoms with Crippen LogP contribution in [0.4, 0.5) is 0 Å². The zero-order valence-corrected chi connectivity index (χ0v) is 19.6. The first-order valence-electron chi connectivity index (χ1n) is 10.1. The van der Waals surface area contributed by atoms with Gasteiger partial charge in [0.1, 0.15) is 4.21 Å². The molecule has 2 heterocycles. The third kappa shape index (κ3) is 4.99. The molecule has 11 heteroatoms. The molecule has 1 aliphatic carbocycles. The summed E-state index contributed by atoms with van der Waals surface area (Å²) >= 11 is 6.68. The number of hydrogen-bond acceptors (Lipinski definition) is 7. The van der Waals surface area contributed by atoms with Crippen molar-refractivity contribution in [2.45, 2.75) is 55.4 Å². The molecule has 1 aromatic rings. The molecule has 168 valence electrons. The molecule has 1 saturated heterocycles. The Morgan fingerprint density at radius 3 is 2.27 bits per heavy atom. The Balaban J connectivity index is 1.64. The Morgan fingerprint density at radius 2 is 1.80 bits per heavy atom. The standard InChI is InChI=1S/C19H28ClN3O5S2/c1-13(2)22-9-11-23(12-10-22)17(24)14-5-7-19(8-6-14,18(21)25)28-30(26,27)16-4-3-15(20)29-16/h3-4,13-14H,5-12H2,1-2H3,(H2,21,25). The number of amides is 2. The lowest BCUT2D eigenvalue weighted by molar-refractivity contribution is -0.145. The molecule has 0 aromatic carbocycles. The first-order valence-corrected chi connectivity index (χ1v) is 12.7. The van der Waals surface area contributed by atoms with Crippen LogP contribution in [0.25, 0.3) is 0 Å². The van der Waals surface area contributed by atoms with Gasteiger partial charge in [-0.2, -0.15) is 8.42 Å². The number of hydrogen-bond donors (Lipinski definition) is 1. The molecule has 2 fully saturated rings. The second-order valence-electron chi connectivity index (χ2n) is 8.18. The molecular weight excluding hydrogens is 450 g/mol. The van der Waals surface area contributed by atoms with E-state index in [0.29, 0.717) is 36.3 Å². The minimum Gasteiger partial charge on any atom is -0.367 e. The molecule has 1 aliphatic heterocycles. The Bertz CT molecular complexity index is 886. The number of piperazine rings is 1. The van der Waals surface area contributed by atoms with Crippen molar-refractivity contribution < 1.29 is 22.2 Å². The van der Waals surface area contributed by atoms with Crippen molar-refractivity contribution >= 4 is 44.9 Å². The molecule has 1 aromatic heterocycles. The number of rotatable bonds is 6. The van der Waals surface area contributed by atoms with Gasteiger partial charge in [-0.15, -0.1) is 11.3 Å². The Morgan fingerprint density at radius 1 is 1.20 bits per heavy atom. The summed E-state index contributed by atoms with van der Waals surface area (Å²) in [5.41, 5.74) is 3.91. The molecule has 8 nitrogen and oxygen atoms in total. The van der Waals surface area contributed by atoms with Crippen LogP contribution in [0.5, 0.6) is 0 Å². The van der Waals surface area contributed by atoms with Crippen LogP contribution < -0.4 is 5.73 Å². The highest BCUT2D eigenvalue weighted by Crippen LogP contribution is 2.39. The highest BCUT2D eigenvalue weighted by Gasteiger charge is 2.47. The lowest BCUT2D eigenvalue weighted by atomic mass is 9.78. The second kappa shape index (κ2) is 9.12. The zero-order valence-electron chi connectivity index (χ0n) is 17.2. The minimum atomic E-state index is -4.18. The fourth-order valence-electron chi connectivity index (χ4n) is 4.10. The number of nitrogens with zero attached hydrogens (tertiary/aromatic N) is 2. The van der Waals surface area contributed by atoms with Crippen LogP contribution in [0, 0.1) is 5.92 Å². The van der Waals surface area contributed by atoms with E-state index in [0.717, 1.165) is 24.4 Å². The average Bonchev–Trinajstić information content (AvgIpc) is 3.15. The third-order valence-corrected chi connectivity index (χ3v) is 9.07. The smallest absolute Gasteiger partial charge is 0.307 e. The van der Waals surface area contributed by atoms with E-state index in [2.05, 4.69) is 18.7 Å². The molecule has 0 spiro atoms. The van der Waals surface area contributed by atoms with Crippen LogP contribution >= 0.6 is 22.9 Å². The van der Waals surface area contributed by atoms with E-state index in [1.54, 1.807) is 0 Å². The van der Waals surface area contributed by atoms with Crippen LogP contribution in [-0.4, -0.2) is 67.9 Å². The molecule has 2 aliphatic rings. The molecule has 3 rings (SSSR count). The average molecular weight is 478 g/mol. The van der Waals surface area contributed by atoms with Crippen LogP contribution in [0.3, 0.4) is 0 Å². The number of primary amides is 1. The molecule has 2 amide bonds. The van der Waals surface area contributed by atoms with Crippen molar-refractivity contribution in [1.29, 1.82) is 0 Å². The topological polar surface area (TPSA) is 110 Å². The van der Waals surface area contributed by atoms with E-state index in [1.165, 1.54) is 12.1 Å². The minimum absolute atomic E-state index is 0.0596. The molecule has 1 saturated carbocycles. The summed E-state index contributed by atoms with van der Waals surface area (Å²) < 4.78 is 30.8. The van der Waals surface area contributed by atoms with Crippen molar-refractivity contribution in [3.05, 3.63) is 16.5 Å². The summed E-state index contributed by atoms with van der Waals surface area (Å²) in [6.45, 7) is 7.32.